The average molecular weight is 356 g/mol. The van der Waals surface area contributed by atoms with Gasteiger partial charge in [-0.15, -0.1) is 5.10 Å². The SMILES string of the molecule is Cc1ccc(-c2[nH]nc3c2[C@H](CCc2ccccc2)C(C#N)=C(N)O3)cc1. The molecule has 1 aromatic heterocycles. The fraction of sp³-hybridized carbons (Fsp3) is 0.182. The van der Waals surface area contributed by atoms with E-state index in [-0.39, 0.29) is 11.8 Å². The van der Waals surface area contributed by atoms with Gasteiger partial charge in [0, 0.05) is 5.92 Å². The van der Waals surface area contributed by atoms with Gasteiger partial charge in [-0.2, -0.15) is 5.26 Å². The smallest absolute Gasteiger partial charge is 0.244 e. The minimum absolute atomic E-state index is 0.144. The van der Waals surface area contributed by atoms with Gasteiger partial charge < -0.3 is 10.5 Å². The van der Waals surface area contributed by atoms with Gasteiger partial charge in [-0.25, -0.2) is 0 Å². The Morgan fingerprint density at radius 3 is 2.59 bits per heavy atom. The predicted octanol–water partition coefficient (Wildman–Crippen LogP) is 4.19. The number of nitrogens with two attached hydrogens (primary N) is 1. The van der Waals surface area contributed by atoms with E-state index in [9.17, 15) is 5.26 Å². The molecule has 3 N–H and O–H groups in total. The molecule has 0 aliphatic carbocycles. The molecule has 2 heterocycles. The number of aromatic amines is 1. The van der Waals surface area contributed by atoms with Crippen LogP contribution in [0.2, 0.25) is 0 Å². The summed E-state index contributed by atoms with van der Waals surface area (Å²) in [5.41, 5.74) is 11.7. The lowest BCUT2D eigenvalue weighted by molar-refractivity contribution is 0.371. The molecular formula is C22H20N4O. The van der Waals surface area contributed by atoms with Crippen molar-refractivity contribution in [3.05, 3.63) is 82.7 Å². The number of ether oxygens (including phenoxy) is 1. The second kappa shape index (κ2) is 7.00. The van der Waals surface area contributed by atoms with Crippen LogP contribution in [0.15, 0.2) is 66.1 Å². The second-order valence-corrected chi connectivity index (χ2v) is 6.75. The molecule has 0 radical (unpaired) electrons. The Kier molecular flexibility index (Phi) is 4.39. The van der Waals surface area contributed by atoms with Crippen molar-refractivity contribution in [3.8, 4) is 23.2 Å². The maximum atomic E-state index is 9.69. The molecule has 0 saturated heterocycles. The zero-order valence-electron chi connectivity index (χ0n) is 15.1. The molecule has 27 heavy (non-hydrogen) atoms. The first-order valence-corrected chi connectivity index (χ1v) is 8.94. The Morgan fingerprint density at radius 2 is 1.89 bits per heavy atom. The summed E-state index contributed by atoms with van der Waals surface area (Å²) in [5, 5.41) is 17.1. The number of allylic oxidation sites excluding steroid dienone is 1. The minimum Gasteiger partial charge on any atom is -0.420 e. The molecular weight excluding hydrogens is 336 g/mol. The Balaban J connectivity index is 1.74. The van der Waals surface area contributed by atoms with Gasteiger partial charge in [0.1, 0.15) is 6.07 Å². The molecule has 4 rings (SSSR count). The lowest BCUT2D eigenvalue weighted by Gasteiger charge is -2.23. The first-order chi connectivity index (χ1) is 13.2. The summed E-state index contributed by atoms with van der Waals surface area (Å²) >= 11 is 0. The van der Waals surface area contributed by atoms with E-state index in [0.29, 0.717) is 11.5 Å². The highest BCUT2D eigenvalue weighted by Gasteiger charge is 2.34. The number of aryl methyl sites for hydroxylation is 2. The fourth-order valence-corrected chi connectivity index (χ4v) is 3.53. The van der Waals surface area contributed by atoms with Crippen molar-refractivity contribution in [2.75, 3.05) is 0 Å². The average Bonchev–Trinajstić information content (AvgIpc) is 3.10. The van der Waals surface area contributed by atoms with Gasteiger partial charge in [-0.3, -0.25) is 5.10 Å². The number of rotatable bonds is 4. The van der Waals surface area contributed by atoms with Crippen LogP contribution in [0.3, 0.4) is 0 Å². The number of hydrogen-bond acceptors (Lipinski definition) is 4. The van der Waals surface area contributed by atoms with Gasteiger partial charge in [0.2, 0.25) is 11.8 Å². The lowest BCUT2D eigenvalue weighted by Crippen LogP contribution is -2.20. The van der Waals surface area contributed by atoms with Crippen molar-refractivity contribution in [2.45, 2.75) is 25.7 Å². The summed E-state index contributed by atoms with van der Waals surface area (Å²) in [6, 6.07) is 20.7. The number of hydrogen-bond donors (Lipinski definition) is 2. The van der Waals surface area contributed by atoms with Crippen LogP contribution in [0.1, 0.15) is 29.0 Å². The van der Waals surface area contributed by atoms with Crippen LogP contribution in [0.5, 0.6) is 5.88 Å². The summed E-state index contributed by atoms with van der Waals surface area (Å²) in [4.78, 5) is 0. The number of fused-ring (bicyclic) bond motifs is 1. The molecule has 1 atom stereocenters. The van der Waals surface area contributed by atoms with Crippen LogP contribution >= 0.6 is 0 Å². The molecule has 1 aliphatic heterocycles. The van der Waals surface area contributed by atoms with Crippen LogP contribution in [0, 0.1) is 18.3 Å². The van der Waals surface area contributed by atoms with Crippen LogP contribution in [0.25, 0.3) is 11.3 Å². The molecule has 0 amide bonds. The van der Waals surface area contributed by atoms with E-state index in [1.54, 1.807) is 0 Å². The van der Waals surface area contributed by atoms with Crippen LogP contribution < -0.4 is 10.5 Å². The van der Waals surface area contributed by atoms with Crippen LogP contribution in [-0.2, 0) is 6.42 Å². The van der Waals surface area contributed by atoms with Crippen molar-refractivity contribution in [3.63, 3.8) is 0 Å². The van der Waals surface area contributed by atoms with Crippen LogP contribution in [-0.4, -0.2) is 10.2 Å². The molecule has 3 aromatic rings. The van der Waals surface area contributed by atoms with Crippen LogP contribution in [0.4, 0.5) is 0 Å². The third-order valence-corrected chi connectivity index (χ3v) is 4.96. The molecule has 0 bridgehead atoms. The topological polar surface area (TPSA) is 87.7 Å². The van der Waals surface area contributed by atoms with E-state index in [1.165, 1.54) is 11.1 Å². The summed E-state index contributed by atoms with van der Waals surface area (Å²) in [6.45, 7) is 2.05. The predicted molar refractivity (Wildman–Crippen MR) is 104 cm³/mol. The quantitative estimate of drug-likeness (QED) is 0.734. The van der Waals surface area contributed by atoms with Crippen molar-refractivity contribution in [2.24, 2.45) is 5.73 Å². The fourth-order valence-electron chi connectivity index (χ4n) is 3.53. The highest BCUT2D eigenvalue weighted by molar-refractivity contribution is 5.69. The number of nitrogens with zero attached hydrogens (tertiary/aromatic N) is 2. The molecule has 0 saturated carbocycles. The number of nitriles is 1. The van der Waals surface area contributed by atoms with E-state index in [1.807, 2.05) is 30.3 Å². The van der Waals surface area contributed by atoms with E-state index in [0.717, 1.165) is 29.7 Å². The van der Waals surface area contributed by atoms with Crippen molar-refractivity contribution in [1.82, 2.24) is 10.2 Å². The van der Waals surface area contributed by atoms with Gasteiger partial charge in [-0.1, -0.05) is 60.2 Å². The first-order valence-electron chi connectivity index (χ1n) is 8.94. The molecule has 5 nitrogen and oxygen atoms in total. The van der Waals surface area contributed by atoms with Crippen molar-refractivity contribution in [1.29, 1.82) is 5.26 Å². The van der Waals surface area contributed by atoms with Gasteiger partial charge in [0.15, 0.2) is 0 Å². The Bertz CT molecular complexity index is 1030. The molecule has 1 aliphatic rings. The summed E-state index contributed by atoms with van der Waals surface area (Å²) in [6.07, 6.45) is 1.59. The minimum atomic E-state index is -0.158. The van der Waals surface area contributed by atoms with Crippen molar-refractivity contribution < 1.29 is 4.74 Å². The third-order valence-electron chi connectivity index (χ3n) is 4.96. The number of benzene rings is 2. The van der Waals surface area contributed by atoms with Crippen molar-refractivity contribution >= 4 is 0 Å². The Labute approximate surface area is 158 Å². The van der Waals surface area contributed by atoms with Gasteiger partial charge >= 0.3 is 0 Å². The summed E-state index contributed by atoms with van der Waals surface area (Å²) in [7, 11) is 0. The maximum Gasteiger partial charge on any atom is 0.244 e. The van der Waals surface area contributed by atoms with E-state index < -0.39 is 0 Å². The van der Waals surface area contributed by atoms with E-state index in [4.69, 9.17) is 10.5 Å². The van der Waals surface area contributed by atoms with Gasteiger partial charge in [0.05, 0.1) is 16.8 Å². The van der Waals surface area contributed by atoms with E-state index in [2.05, 4.69) is 47.5 Å². The molecule has 0 spiro atoms. The van der Waals surface area contributed by atoms with Gasteiger partial charge in [0.25, 0.3) is 0 Å². The third kappa shape index (κ3) is 3.18. The standard InChI is InChI=1S/C22H20N4O/c1-14-7-10-16(11-8-14)20-19-17(12-9-15-5-3-2-4-6-15)18(13-23)21(24)27-22(19)26-25-20/h2-8,10-11,17H,9,12,24H2,1H3,(H,25,26)/t17-/m1/s1. The summed E-state index contributed by atoms with van der Waals surface area (Å²) in [5.74, 6) is 0.444. The molecule has 5 heteroatoms. The normalized spacial score (nSPS) is 15.8. The maximum absolute atomic E-state index is 9.69. The highest BCUT2D eigenvalue weighted by atomic mass is 16.5. The Morgan fingerprint density at radius 1 is 1.15 bits per heavy atom. The Hall–Kier alpha value is -3.52. The summed E-state index contributed by atoms with van der Waals surface area (Å²) < 4.78 is 5.64. The molecule has 2 aromatic carbocycles. The zero-order chi connectivity index (χ0) is 18.8. The molecule has 134 valence electrons. The number of aromatic nitrogens is 2. The number of H-pyrrole nitrogens is 1. The number of nitrogens with one attached hydrogen (secondary N) is 1. The lowest BCUT2D eigenvalue weighted by atomic mass is 9.84. The zero-order valence-corrected chi connectivity index (χ0v) is 15.1. The van der Waals surface area contributed by atoms with Gasteiger partial charge in [-0.05, 0) is 30.9 Å². The highest BCUT2D eigenvalue weighted by Crippen LogP contribution is 2.44. The molecule has 0 unspecified atom stereocenters. The molecule has 0 fully saturated rings. The largest absolute Gasteiger partial charge is 0.420 e. The second-order valence-electron chi connectivity index (χ2n) is 6.75. The monoisotopic (exact) mass is 356 g/mol. The first kappa shape index (κ1) is 16.9. The van der Waals surface area contributed by atoms with E-state index >= 15 is 0 Å².